The Morgan fingerprint density at radius 3 is 2.71 bits per heavy atom. The molecular weight excluding hydrogens is 222 g/mol. The number of hydrogen-bond donors (Lipinski definition) is 1. The van der Waals surface area contributed by atoms with Gasteiger partial charge < -0.3 is 10.6 Å². The highest BCUT2D eigenvalue weighted by atomic mass is 19.1. The summed E-state index contributed by atoms with van der Waals surface area (Å²) in [7, 11) is 1.94. The van der Waals surface area contributed by atoms with Crippen molar-refractivity contribution >= 4 is 0 Å². The summed E-state index contributed by atoms with van der Waals surface area (Å²) in [5.41, 5.74) is 6.13. The lowest BCUT2D eigenvalue weighted by Crippen LogP contribution is -2.30. The highest BCUT2D eigenvalue weighted by molar-refractivity contribution is 5.22. The number of nitrogens with zero attached hydrogens (tertiary/aromatic N) is 1. The monoisotopic (exact) mass is 242 g/mol. The highest BCUT2D eigenvalue weighted by Gasteiger charge is 2.14. The van der Waals surface area contributed by atoms with Gasteiger partial charge in [0, 0.05) is 18.2 Å². The SMILES string of the molecule is CCCCN(C)CC(N)c1cc(F)ccc1F. The van der Waals surface area contributed by atoms with Gasteiger partial charge in [-0.25, -0.2) is 8.78 Å². The molecule has 1 aromatic rings. The number of unbranched alkanes of at least 4 members (excludes halogenated alkanes) is 1. The predicted molar refractivity (Wildman–Crippen MR) is 65.7 cm³/mol. The van der Waals surface area contributed by atoms with Gasteiger partial charge in [0.15, 0.2) is 0 Å². The van der Waals surface area contributed by atoms with Crippen LogP contribution in [-0.2, 0) is 0 Å². The van der Waals surface area contributed by atoms with Gasteiger partial charge in [0.1, 0.15) is 11.6 Å². The Kier molecular flexibility index (Phi) is 5.51. The molecule has 1 aromatic carbocycles. The molecule has 0 aliphatic carbocycles. The summed E-state index contributed by atoms with van der Waals surface area (Å²) in [6, 6.07) is 2.91. The fourth-order valence-electron chi connectivity index (χ4n) is 1.75. The van der Waals surface area contributed by atoms with Gasteiger partial charge in [0.25, 0.3) is 0 Å². The quantitative estimate of drug-likeness (QED) is 0.831. The first-order valence-corrected chi connectivity index (χ1v) is 5.93. The molecule has 0 aliphatic rings. The Morgan fingerprint density at radius 1 is 1.35 bits per heavy atom. The zero-order chi connectivity index (χ0) is 12.8. The van der Waals surface area contributed by atoms with Gasteiger partial charge in [-0.05, 0) is 38.2 Å². The van der Waals surface area contributed by atoms with Gasteiger partial charge in [-0.3, -0.25) is 0 Å². The fraction of sp³-hybridized carbons (Fsp3) is 0.538. The summed E-state index contributed by atoms with van der Waals surface area (Å²) in [6.45, 7) is 3.56. The summed E-state index contributed by atoms with van der Waals surface area (Å²) in [6.07, 6.45) is 2.18. The lowest BCUT2D eigenvalue weighted by atomic mass is 10.1. The summed E-state index contributed by atoms with van der Waals surface area (Å²) in [5, 5.41) is 0. The van der Waals surface area contributed by atoms with Crippen LogP contribution in [0, 0.1) is 11.6 Å². The van der Waals surface area contributed by atoms with Crippen molar-refractivity contribution in [1.82, 2.24) is 4.90 Å². The Morgan fingerprint density at radius 2 is 2.06 bits per heavy atom. The molecule has 0 spiro atoms. The van der Waals surface area contributed by atoms with Crippen molar-refractivity contribution in [1.29, 1.82) is 0 Å². The van der Waals surface area contributed by atoms with Crippen LogP contribution in [0.3, 0.4) is 0 Å². The fourth-order valence-corrected chi connectivity index (χ4v) is 1.75. The van der Waals surface area contributed by atoms with Crippen LogP contribution in [0.2, 0.25) is 0 Å². The van der Waals surface area contributed by atoms with Crippen LogP contribution in [0.5, 0.6) is 0 Å². The van der Waals surface area contributed by atoms with Crippen molar-refractivity contribution in [3.63, 3.8) is 0 Å². The zero-order valence-electron chi connectivity index (χ0n) is 10.4. The third kappa shape index (κ3) is 4.40. The molecule has 0 fully saturated rings. The molecule has 2 nitrogen and oxygen atoms in total. The van der Waals surface area contributed by atoms with Crippen LogP contribution in [0.25, 0.3) is 0 Å². The highest BCUT2D eigenvalue weighted by Crippen LogP contribution is 2.17. The normalized spacial score (nSPS) is 13.1. The third-order valence-corrected chi connectivity index (χ3v) is 2.76. The van der Waals surface area contributed by atoms with Crippen molar-refractivity contribution < 1.29 is 8.78 Å². The van der Waals surface area contributed by atoms with Crippen molar-refractivity contribution in [2.24, 2.45) is 5.73 Å². The molecule has 0 bridgehead atoms. The van der Waals surface area contributed by atoms with Gasteiger partial charge in [-0.15, -0.1) is 0 Å². The van der Waals surface area contributed by atoms with Crippen LogP contribution < -0.4 is 5.73 Å². The van der Waals surface area contributed by atoms with Gasteiger partial charge in [0.05, 0.1) is 0 Å². The van der Waals surface area contributed by atoms with Crippen molar-refractivity contribution in [2.45, 2.75) is 25.8 Å². The number of benzene rings is 1. The average molecular weight is 242 g/mol. The molecule has 1 atom stereocenters. The number of likely N-dealkylation sites (N-methyl/N-ethyl adjacent to an activating group) is 1. The summed E-state index contributed by atoms with van der Waals surface area (Å²) in [5.74, 6) is -0.893. The Hall–Kier alpha value is -1.00. The van der Waals surface area contributed by atoms with Crippen molar-refractivity contribution in [2.75, 3.05) is 20.1 Å². The van der Waals surface area contributed by atoms with E-state index in [0.717, 1.165) is 31.5 Å². The maximum Gasteiger partial charge on any atom is 0.128 e. The molecule has 1 rings (SSSR count). The lowest BCUT2D eigenvalue weighted by molar-refractivity contribution is 0.304. The first-order chi connectivity index (χ1) is 8.04. The van der Waals surface area contributed by atoms with Crippen molar-refractivity contribution in [3.8, 4) is 0 Å². The van der Waals surface area contributed by atoms with Crippen LogP contribution in [0.15, 0.2) is 18.2 Å². The maximum atomic E-state index is 13.5. The Labute approximate surface area is 101 Å². The van der Waals surface area contributed by atoms with E-state index in [1.807, 2.05) is 11.9 Å². The molecule has 2 N–H and O–H groups in total. The predicted octanol–water partition coefficient (Wildman–Crippen LogP) is 2.70. The Balaban J connectivity index is 2.62. The molecule has 96 valence electrons. The van der Waals surface area contributed by atoms with Crippen molar-refractivity contribution in [3.05, 3.63) is 35.4 Å². The number of nitrogens with two attached hydrogens (primary N) is 1. The average Bonchev–Trinajstić information content (AvgIpc) is 2.29. The maximum absolute atomic E-state index is 13.5. The van der Waals surface area contributed by atoms with E-state index in [4.69, 9.17) is 5.73 Å². The van der Waals surface area contributed by atoms with Crippen LogP contribution >= 0.6 is 0 Å². The van der Waals surface area contributed by atoms with Gasteiger partial charge in [0.2, 0.25) is 0 Å². The smallest absolute Gasteiger partial charge is 0.128 e. The van der Waals surface area contributed by atoms with Crippen LogP contribution in [0.4, 0.5) is 8.78 Å². The zero-order valence-corrected chi connectivity index (χ0v) is 10.4. The molecule has 0 saturated heterocycles. The molecule has 0 saturated carbocycles. The van der Waals surface area contributed by atoms with E-state index in [1.165, 1.54) is 6.07 Å². The van der Waals surface area contributed by atoms with Gasteiger partial charge in [-0.2, -0.15) is 0 Å². The molecule has 0 aliphatic heterocycles. The molecule has 17 heavy (non-hydrogen) atoms. The van der Waals surface area contributed by atoms with E-state index < -0.39 is 17.7 Å². The first kappa shape index (κ1) is 14.1. The summed E-state index contributed by atoms with van der Waals surface area (Å²) in [4.78, 5) is 2.04. The number of halogens is 2. The summed E-state index contributed by atoms with van der Waals surface area (Å²) >= 11 is 0. The van der Waals surface area contributed by atoms with E-state index in [1.54, 1.807) is 0 Å². The minimum atomic E-state index is -0.493. The van der Waals surface area contributed by atoms with E-state index in [-0.39, 0.29) is 5.56 Å². The third-order valence-electron chi connectivity index (χ3n) is 2.76. The van der Waals surface area contributed by atoms with Gasteiger partial charge >= 0.3 is 0 Å². The van der Waals surface area contributed by atoms with E-state index in [9.17, 15) is 8.78 Å². The second-order valence-corrected chi connectivity index (χ2v) is 4.39. The lowest BCUT2D eigenvalue weighted by Gasteiger charge is -2.21. The molecule has 0 aromatic heterocycles. The molecule has 0 amide bonds. The Bertz CT molecular complexity index is 355. The van der Waals surface area contributed by atoms with E-state index in [0.29, 0.717) is 6.54 Å². The van der Waals surface area contributed by atoms with Crippen LogP contribution in [-0.4, -0.2) is 25.0 Å². The first-order valence-electron chi connectivity index (χ1n) is 5.93. The van der Waals surface area contributed by atoms with Crippen LogP contribution in [0.1, 0.15) is 31.4 Å². The number of rotatable bonds is 6. The van der Waals surface area contributed by atoms with E-state index >= 15 is 0 Å². The standard InChI is InChI=1S/C13H20F2N2/c1-3-4-7-17(2)9-13(16)11-8-10(14)5-6-12(11)15/h5-6,8,13H,3-4,7,9,16H2,1-2H3. The second kappa shape index (κ2) is 6.67. The largest absolute Gasteiger partial charge is 0.323 e. The molecule has 0 radical (unpaired) electrons. The van der Waals surface area contributed by atoms with E-state index in [2.05, 4.69) is 6.92 Å². The summed E-state index contributed by atoms with van der Waals surface area (Å²) < 4.78 is 26.5. The molecule has 4 heteroatoms. The second-order valence-electron chi connectivity index (χ2n) is 4.39. The molecule has 0 heterocycles. The number of hydrogen-bond acceptors (Lipinski definition) is 2. The molecular formula is C13H20F2N2. The van der Waals surface area contributed by atoms with Gasteiger partial charge in [-0.1, -0.05) is 13.3 Å². The minimum absolute atomic E-state index is 0.244. The molecule has 1 unspecified atom stereocenters. The topological polar surface area (TPSA) is 29.3 Å². The minimum Gasteiger partial charge on any atom is -0.323 e.